The molecule has 0 bridgehead atoms. The van der Waals surface area contributed by atoms with Crippen molar-refractivity contribution >= 4 is 18.6 Å². The average molecular weight is 300 g/mol. The maximum absolute atomic E-state index is 10.9. The van der Waals surface area contributed by atoms with Gasteiger partial charge in [0.25, 0.3) is 0 Å². The van der Waals surface area contributed by atoms with Gasteiger partial charge < -0.3 is 19.7 Å². The highest BCUT2D eigenvalue weighted by Gasteiger charge is 2.09. The van der Waals surface area contributed by atoms with Crippen LogP contribution in [0.3, 0.4) is 0 Å². The second-order valence-electron chi connectivity index (χ2n) is 4.18. The second kappa shape index (κ2) is 9.63. The van der Waals surface area contributed by atoms with Crippen LogP contribution in [0.2, 0.25) is 0 Å². The van der Waals surface area contributed by atoms with Crippen molar-refractivity contribution in [3.05, 3.63) is 29.8 Å². The number of carbonyl (C=O) groups is 1. The summed E-state index contributed by atoms with van der Waals surface area (Å²) in [5.74, 6) is 0.312. The van der Waals surface area contributed by atoms with E-state index in [0.717, 1.165) is 5.56 Å². The summed E-state index contributed by atoms with van der Waals surface area (Å²) < 4.78 is 10.2. The number of rotatable bonds is 9. The number of hydrogen-bond donors (Lipinski definition) is 3. The van der Waals surface area contributed by atoms with Gasteiger partial charge in [-0.25, -0.2) is 0 Å². The Bertz CT molecular complexity index is 410. The summed E-state index contributed by atoms with van der Waals surface area (Å²) in [4.78, 5) is 10.9. The van der Waals surface area contributed by atoms with Gasteiger partial charge in [0.2, 0.25) is 0 Å². The van der Waals surface area contributed by atoms with E-state index < -0.39 is 6.10 Å². The molecule has 0 saturated carbocycles. The van der Waals surface area contributed by atoms with Crippen molar-refractivity contribution in [2.24, 2.45) is 0 Å². The van der Waals surface area contributed by atoms with Crippen LogP contribution >= 0.6 is 12.6 Å². The van der Waals surface area contributed by atoms with Crippen LogP contribution in [0.4, 0.5) is 0 Å². The summed E-state index contributed by atoms with van der Waals surface area (Å²) in [5, 5.41) is 18.7. The van der Waals surface area contributed by atoms with E-state index in [-0.39, 0.29) is 31.5 Å². The first-order valence-electron chi connectivity index (χ1n) is 6.45. The molecule has 112 valence electrons. The molecular formula is C14H20O5S. The molecule has 0 heterocycles. The molecule has 0 aliphatic carbocycles. The van der Waals surface area contributed by atoms with Crippen molar-refractivity contribution in [1.29, 1.82) is 0 Å². The van der Waals surface area contributed by atoms with E-state index in [0.29, 0.717) is 18.6 Å². The van der Waals surface area contributed by atoms with Gasteiger partial charge in [0.05, 0.1) is 25.1 Å². The summed E-state index contributed by atoms with van der Waals surface area (Å²) in [6.07, 6.45) is 0.425. The Hall–Kier alpha value is -1.24. The minimum Gasteiger partial charge on any atom is -0.491 e. The van der Waals surface area contributed by atoms with Crippen molar-refractivity contribution in [2.45, 2.75) is 18.9 Å². The first kappa shape index (κ1) is 16.8. The van der Waals surface area contributed by atoms with E-state index in [1.165, 1.54) is 0 Å². The predicted molar refractivity (Wildman–Crippen MR) is 78.0 cm³/mol. The van der Waals surface area contributed by atoms with Crippen LogP contribution in [0.15, 0.2) is 24.3 Å². The maximum atomic E-state index is 10.9. The summed E-state index contributed by atoms with van der Waals surface area (Å²) >= 11 is 3.80. The third-order valence-electron chi connectivity index (χ3n) is 2.62. The summed E-state index contributed by atoms with van der Waals surface area (Å²) in [6.45, 7) is 0.444. The number of esters is 1. The third-order valence-corrected chi connectivity index (χ3v) is 2.88. The first-order valence-corrected chi connectivity index (χ1v) is 7.08. The first-order chi connectivity index (χ1) is 9.67. The minimum atomic E-state index is -0.637. The standard InChI is InChI=1S/C14H20O5S/c15-6-8-18-12-4-1-3-11(9-12)13(16)5-2-7-19-14(17)10-20/h1,3-4,9,13,15-16,20H,2,5-8,10H2/t13-/m1/s1. The van der Waals surface area contributed by atoms with Gasteiger partial charge >= 0.3 is 5.97 Å². The Morgan fingerprint density at radius 1 is 1.35 bits per heavy atom. The number of benzene rings is 1. The van der Waals surface area contributed by atoms with Crippen molar-refractivity contribution in [3.63, 3.8) is 0 Å². The SMILES string of the molecule is O=C(CS)OCCC[C@@H](O)c1cccc(OCCO)c1. The van der Waals surface area contributed by atoms with Crippen LogP contribution in [0.1, 0.15) is 24.5 Å². The molecule has 0 fully saturated rings. The van der Waals surface area contributed by atoms with Crippen LogP contribution in [0.25, 0.3) is 0 Å². The molecule has 0 aliphatic heterocycles. The second-order valence-corrected chi connectivity index (χ2v) is 4.50. The average Bonchev–Trinajstić information content (AvgIpc) is 2.49. The molecule has 0 saturated heterocycles. The van der Waals surface area contributed by atoms with Crippen LogP contribution in [0.5, 0.6) is 5.75 Å². The fourth-order valence-electron chi connectivity index (χ4n) is 1.65. The largest absolute Gasteiger partial charge is 0.491 e. The molecule has 0 aromatic heterocycles. The Morgan fingerprint density at radius 2 is 2.15 bits per heavy atom. The fraction of sp³-hybridized carbons (Fsp3) is 0.500. The normalized spacial score (nSPS) is 11.9. The number of carbonyl (C=O) groups excluding carboxylic acids is 1. The van der Waals surface area contributed by atoms with Crippen LogP contribution < -0.4 is 4.74 Å². The summed E-state index contributed by atoms with van der Waals surface area (Å²) in [6, 6.07) is 7.09. The lowest BCUT2D eigenvalue weighted by Crippen LogP contribution is -2.08. The van der Waals surface area contributed by atoms with Gasteiger partial charge in [-0.2, -0.15) is 12.6 Å². The van der Waals surface area contributed by atoms with E-state index in [1.54, 1.807) is 24.3 Å². The molecular weight excluding hydrogens is 280 g/mol. The zero-order valence-corrected chi connectivity index (χ0v) is 12.1. The highest BCUT2D eigenvalue weighted by Crippen LogP contribution is 2.22. The molecule has 1 atom stereocenters. The van der Waals surface area contributed by atoms with E-state index in [4.69, 9.17) is 14.6 Å². The molecule has 0 unspecified atom stereocenters. The predicted octanol–water partition coefficient (Wildman–Crippen LogP) is 1.34. The van der Waals surface area contributed by atoms with Crippen LogP contribution in [-0.2, 0) is 9.53 Å². The Balaban J connectivity index is 2.38. The molecule has 5 nitrogen and oxygen atoms in total. The van der Waals surface area contributed by atoms with Gasteiger partial charge in [-0.05, 0) is 30.5 Å². The number of thiol groups is 1. The van der Waals surface area contributed by atoms with Crippen molar-refractivity contribution < 1.29 is 24.5 Å². The monoisotopic (exact) mass is 300 g/mol. The summed E-state index contributed by atoms with van der Waals surface area (Å²) in [5.41, 5.74) is 0.737. The smallest absolute Gasteiger partial charge is 0.315 e. The lowest BCUT2D eigenvalue weighted by atomic mass is 10.1. The molecule has 0 radical (unpaired) electrons. The minimum absolute atomic E-state index is 0.0523. The Labute approximate surface area is 123 Å². The van der Waals surface area contributed by atoms with E-state index in [1.807, 2.05) is 0 Å². The van der Waals surface area contributed by atoms with Gasteiger partial charge in [0.1, 0.15) is 12.4 Å². The van der Waals surface area contributed by atoms with Gasteiger partial charge in [0, 0.05) is 0 Å². The Morgan fingerprint density at radius 3 is 2.85 bits per heavy atom. The zero-order valence-electron chi connectivity index (χ0n) is 11.2. The van der Waals surface area contributed by atoms with Crippen LogP contribution in [0, 0.1) is 0 Å². The highest BCUT2D eigenvalue weighted by atomic mass is 32.1. The van der Waals surface area contributed by atoms with E-state index in [9.17, 15) is 9.90 Å². The number of ether oxygens (including phenoxy) is 2. The van der Waals surface area contributed by atoms with Crippen molar-refractivity contribution in [2.75, 3.05) is 25.6 Å². The van der Waals surface area contributed by atoms with E-state index in [2.05, 4.69) is 12.6 Å². The molecule has 0 amide bonds. The molecule has 1 aromatic carbocycles. The topological polar surface area (TPSA) is 76.0 Å². The van der Waals surface area contributed by atoms with Crippen molar-refractivity contribution in [1.82, 2.24) is 0 Å². The lowest BCUT2D eigenvalue weighted by molar-refractivity contribution is -0.140. The molecule has 20 heavy (non-hydrogen) atoms. The summed E-state index contributed by atoms with van der Waals surface area (Å²) in [7, 11) is 0. The van der Waals surface area contributed by atoms with Gasteiger partial charge in [-0.3, -0.25) is 4.79 Å². The molecule has 1 aromatic rings. The van der Waals surface area contributed by atoms with Gasteiger partial charge in [0.15, 0.2) is 0 Å². The third kappa shape index (κ3) is 6.27. The Kier molecular flexibility index (Phi) is 8.10. The lowest BCUT2D eigenvalue weighted by Gasteiger charge is -2.12. The molecule has 0 spiro atoms. The molecule has 2 N–H and O–H groups in total. The number of hydrogen-bond acceptors (Lipinski definition) is 6. The zero-order chi connectivity index (χ0) is 14.8. The highest BCUT2D eigenvalue weighted by molar-refractivity contribution is 7.81. The number of aliphatic hydroxyl groups is 2. The fourth-order valence-corrected chi connectivity index (χ4v) is 1.74. The molecule has 6 heteroatoms. The quantitative estimate of drug-likeness (QED) is 0.364. The van der Waals surface area contributed by atoms with Crippen molar-refractivity contribution in [3.8, 4) is 5.75 Å². The molecule has 1 rings (SSSR count). The number of aliphatic hydroxyl groups excluding tert-OH is 2. The maximum Gasteiger partial charge on any atom is 0.315 e. The van der Waals surface area contributed by atoms with Gasteiger partial charge in [-0.1, -0.05) is 12.1 Å². The van der Waals surface area contributed by atoms with E-state index >= 15 is 0 Å². The molecule has 0 aliphatic rings. The van der Waals surface area contributed by atoms with Crippen LogP contribution in [-0.4, -0.2) is 41.8 Å². The van der Waals surface area contributed by atoms with Gasteiger partial charge in [-0.15, -0.1) is 0 Å².